The van der Waals surface area contributed by atoms with Crippen LogP contribution in [0.5, 0.6) is 0 Å². The molecule has 23 heavy (non-hydrogen) atoms. The van der Waals surface area contributed by atoms with Crippen molar-refractivity contribution in [3.8, 4) is 0 Å². The van der Waals surface area contributed by atoms with Crippen LogP contribution in [-0.4, -0.2) is 28.7 Å². The van der Waals surface area contributed by atoms with Gasteiger partial charge in [0.2, 0.25) is 0 Å². The van der Waals surface area contributed by atoms with E-state index in [9.17, 15) is 14.7 Å². The van der Waals surface area contributed by atoms with Crippen LogP contribution in [0.2, 0.25) is 0 Å². The van der Waals surface area contributed by atoms with E-state index in [0.29, 0.717) is 13.1 Å². The SMILES string of the molecule is CCCn1c(=O)ccc2cc(N3CCCC(C(=O)O)C3)ccc21. The fraction of sp³-hybridized carbons (Fsp3) is 0.444. The van der Waals surface area contributed by atoms with Gasteiger partial charge in [-0.25, -0.2) is 0 Å². The second kappa shape index (κ2) is 6.44. The minimum Gasteiger partial charge on any atom is -0.481 e. The van der Waals surface area contributed by atoms with E-state index in [-0.39, 0.29) is 11.5 Å². The Labute approximate surface area is 135 Å². The van der Waals surface area contributed by atoms with Gasteiger partial charge in [-0.15, -0.1) is 0 Å². The molecule has 1 fully saturated rings. The number of carbonyl (C=O) groups is 1. The number of hydrogen-bond donors (Lipinski definition) is 1. The molecule has 1 aliphatic rings. The van der Waals surface area contributed by atoms with Crippen molar-refractivity contribution >= 4 is 22.6 Å². The van der Waals surface area contributed by atoms with Crippen molar-refractivity contribution in [2.24, 2.45) is 5.92 Å². The van der Waals surface area contributed by atoms with E-state index >= 15 is 0 Å². The minimum atomic E-state index is -0.715. The molecule has 2 heterocycles. The van der Waals surface area contributed by atoms with Gasteiger partial charge in [0.1, 0.15) is 0 Å². The van der Waals surface area contributed by atoms with Gasteiger partial charge in [0.05, 0.1) is 11.4 Å². The summed E-state index contributed by atoms with van der Waals surface area (Å²) in [6.45, 7) is 4.19. The molecule has 2 aromatic rings. The quantitative estimate of drug-likeness (QED) is 0.942. The van der Waals surface area contributed by atoms with Gasteiger partial charge in [-0.05, 0) is 43.5 Å². The Morgan fingerprint density at radius 3 is 2.87 bits per heavy atom. The number of rotatable bonds is 4. The lowest BCUT2D eigenvalue weighted by Crippen LogP contribution is -2.38. The first-order valence-corrected chi connectivity index (χ1v) is 8.21. The van der Waals surface area contributed by atoms with Gasteiger partial charge in [-0.3, -0.25) is 9.59 Å². The highest BCUT2D eigenvalue weighted by Gasteiger charge is 2.25. The highest BCUT2D eigenvalue weighted by atomic mass is 16.4. The fourth-order valence-corrected chi connectivity index (χ4v) is 3.36. The molecule has 1 aromatic heterocycles. The van der Waals surface area contributed by atoms with Crippen molar-refractivity contribution in [1.82, 2.24) is 4.57 Å². The molecule has 5 heteroatoms. The van der Waals surface area contributed by atoms with E-state index in [1.54, 1.807) is 10.6 Å². The summed E-state index contributed by atoms with van der Waals surface area (Å²) >= 11 is 0. The van der Waals surface area contributed by atoms with E-state index in [2.05, 4.69) is 17.9 Å². The lowest BCUT2D eigenvalue weighted by atomic mass is 9.97. The first kappa shape index (κ1) is 15.6. The number of anilines is 1. The minimum absolute atomic E-state index is 0.0241. The third kappa shape index (κ3) is 3.09. The number of carboxylic acids is 1. The summed E-state index contributed by atoms with van der Waals surface area (Å²) in [5.74, 6) is -1.01. The van der Waals surface area contributed by atoms with Crippen molar-refractivity contribution in [3.63, 3.8) is 0 Å². The number of carboxylic acid groups (broad SMARTS) is 1. The van der Waals surface area contributed by atoms with Crippen LogP contribution in [0, 0.1) is 5.92 Å². The molecule has 1 atom stereocenters. The molecule has 0 bridgehead atoms. The summed E-state index contributed by atoms with van der Waals surface area (Å²) in [5.41, 5.74) is 2.00. The number of aliphatic carboxylic acids is 1. The Morgan fingerprint density at radius 1 is 1.30 bits per heavy atom. The first-order chi connectivity index (χ1) is 11.1. The van der Waals surface area contributed by atoms with Crippen LogP contribution in [0.3, 0.4) is 0 Å². The number of pyridine rings is 1. The molecule has 1 saturated heterocycles. The number of hydrogen-bond acceptors (Lipinski definition) is 3. The molecular formula is C18H22N2O3. The molecule has 0 amide bonds. The van der Waals surface area contributed by atoms with Crippen LogP contribution < -0.4 is 10.5 Å². The molecule has 5 nitrogen and oxygen atoms in total. The molecule has 0 saturated carbocycles. The standard InChI is InChI=1S/C18H22N2O3/c1-2-9-20-16-7-6-15(11-13(16)5-8-17(20)21)19-10-3-4-14(12-19)18(22)23/h5-8,11,14H,2-4,9-10,12H2,1H3,(H,22,23). The Kier molecular flexibility index (Phi) is 4.37. The zero-order valence-electron chi connectivity index (χ0n) is 13.4. The third-order valence-corrected chi connectivity index (χ3v) is 4.56. The lowest BCUT2D eigenvalue weighted by Gasteiger charge is -2.32. The number of nitrogens with zero attached hydrogens (tertiary/aromatic N) is 2. The van der Waals surface area contributed by atoms with E-state index in [1.807, 2.05) is 18.2 Å². The number of fused-ring (bicyclic) bond motifs is 1. The zero-order chi connectivity index (χ0) is 16.4. The molecule has 1 aromatic carbocycles. The van der Waals surface area contributed by atoms with E-state index in [4.69, 9.17) is 0 Å². The lowest BCUT2D eigenvalue weighted by molar-refractivity contribution is -0.141. The largest absolute Gasteiger partial charge is 0.481 e. The molecule has 1 unspecified atom stereocenters. The predicted molar refractivity (Wildman–Crippen MR) is 91.1 cm³/mol. The second-order valence-corrected chi connectivity index (χ2v) is 6.19. The summed E-state index contributed by atoms with van der Waals surface area (Å²) < 4.78 is 1.80. The van der Waals surface area contributed by atoms with Crippen LogP contribution in [0.1, 0.15) is 26.2 Å². The Bertz CT molecular complexity index is 781. The molecule has 0 aliphatic carbocycles. The Balaban J connectivity index is 1.96. The second-order valence-electron chi connectivity index (χ2n) is 6.19. The van der Waals surface area contributed by atoms with E-state index in [0.717, 1.165) is 42.4 Å². The molecule has 0 radical (unpaired) electrons. The van der Waals surface area contributed by atoms with E-state index in [1.165, 1.54) is 0 Å². The predicted octanol–water partition coefficient (Wildman–Crippen LogP) is 2.71. The van der Waals surface area contributed by atoms with Gasteiger partial charge in [0, 0.05) is 36.8 Å². The normalized spacial score (nSPS) is 18.3. The van der Waals surface area contributed by atoms with Gasteiger partial charge in [0.25, 0.3) is 5.56 Å². The summed E-state index contributed by atoms with van der Waals surface area (Å²) in [7, 11) is 0. The van der Waals surface area contributed by atoms with Crippen LogP contribution in [0.25, 0.3) is 10.9 Å². The summed E-state index contributed by atoms with van der Waals surface area (Å²) in [6.07, 6.45) is 2.55. The monoisotopic (exact) mass is 314 g/mol. The van der Waals surface area contributed by atoms with Crippen LogP contribution in [0.4, 0.5) is 5.69 Å². The van der Waals surface area contributed by atoms with Crippen molar-refractivity contribution < 1.29 is 9.90 Å². The first-order valence-electron chi connectivity index (χ1n) is 8.21. The van der Waals surface area contributed by atoms with Crippen molar-refractivity contribution in [2.45, 2.75) is 32.7 Å². The third-order valence-electron chi connectivity index (χ3n) is 4.56. The van der Waals surface area contributed by atoms with Crippen molar-refractivity contribution in [1.29, 1.82) is 0 Å². The van der Waals surface area contributed by atoms with Gasteiger partial charge >= 0.3 is 5.97 Å². The topological polar surface area (TPSA) is 62.5 Å². The van der Waals surface area contributed by atoms with Gasteiger partial charge in [-0.1, -0.05) is 6.92 Å². The average molecular weight is 314 g/mol. The summed E-state index contributed by atoms with van der Waals surface area (Å²) in [5, 5.41) is 10.3. The Hall–Kier alpha value is -2.30. The molecule has 3 rings (SSSR count). The summed E-state index contributed by atoms with van der Waals surface area (Å²) in [4.78, 5) is 25.4. The molecule has 1 aliphatic heterocycles. The average Bonchev–Trinajstić information content (AvgIpc) is 2.57. The van der Waals surface area contributed by atoms with Crippen LogP contribution in [0.15, 0.2) is 35.1 Å². The zero-order valence-corrected chi connectivity index (χ0v) is 13.4. The summed E-state index contributed by atoms with van der Waals surface area (Å²) in [6, 6.07) is 9.50. The fourth-order valence-electron chi connectivity index (χ4n) is 3.36. The molecule has 0 spiro atoms. The Morgan fingerprint density at radius 2 is 2.13 bits per heavy atom. The van der Waals surface area contributed by atoms with Crippen LogP contribution >= 0.6 is 0 Å². The van der Waals surface area contributed by atoms with E-state index < -0.39 is 5.97 Å². The molecule has 1 N–H and O–H groups in total. The number of benzene rings is 1. The maximum absolute atomic E-state index is 12.0. The van der Waals surface area contributed by atoms with Gasteiger partial charge in [0.15, 0.2) is 0 Å². The van der Waals surface area contributed by atoms with Gasteiger partial charge < -0.3 is 14.6 Å². The highest BCUT2D eigenvalue weighted by molar-refractivity contribution is 5.83. The molecule has 122 valence electrons. The number of piperidine rings is 1. The smallest absolute Gasteiger partial charge is 0.308 e. The number of aromatic nitrogens is 1. The van der Waals surface area contributed by atoms with Crippen molar-refractivity contribution in [3.05, 3.63) is 40.7 Å². The highest BCUT2D eigenvalue weighted by Crippen LogP contribution is 2.26. The maximum Gasteiger partial charge on any atom is 0.308 e. The molecular weight excluding hydrogens is 292 g/mol. The van der Waals surface area contributed by atoms with Crippen molar-refractivity contribution in [2.75, 3.05) is 18.0 Å². The van der Waals surface area contributed by atoms with Gasteiger partial charge in [-0.2, -0.15) is 0 Å². The van der Waals surface area contributed by atoms with Crippen LogP contribution in [-0.2, 0) is 11.3 Å². The maximum atomic E-state index is 12.0. The number of aryl methyl sites for hydroxylation is 1.